The molecule has 0 aliphatic heterocycles. The largest absolute Gasteiger partial charge is 0.423 e. The van der Waals surface area contributed by atoms with E-state index >= 15 is 0 Å². The summed E-state index contributed by atoms with van der Waals surface area (Å²) in [5.41, 5.74) is 1.15. The quantitative estimate of drug-likeness (QED) is 0.561. The van der Waals surface area contributed by atoms with E-state index in [-0.39, 0.29) is 18.3 Å². The van der Waals surface area contributed by atoms with Crippen LogP contribution in [-0.4, -0.2) is 17.8 Å². The highest BCUT2D eigenvalue weighted by Gasteiger charge is 2.11. The molecular formula is C18H19NO3. The maximum atomic E-state index is 11.8. The Morgan fingerprint density at radius 3 is 2.82 bits per heavy atom. The van der Waals surface area contributed by atoms with Gasteiger partial charge in [0.25, 0.3) is 0 Å². The summed E-state index contributed by atoms with van der Waals surface area (Å²) < 4.78 is 5.34. The van der Waals surface area contributed by atoms with Crippen molar-refractivity contribution >= 4 is 21.7 Å². The number of hydrogen-bond donors (Lipinski definition) is 2. The minimum absolute atomic E-state index is 0.0253. The highest BCUT2D eigenvalue weighted by molar-refractivity contribution is 6.07. The van der Waals surface area contributed by atoms with E-state index in [1.807, 2.05) is 43.3 Å². The number of nitrogens with one attached hydrogen (secondary N) is 1. The molecule has 0 unspecified atom stereocenters. The Kier molecular flexibility index (Phi) is 4.22. The number of aliphatic hydroxyl groups excluding tert-OH is 1. The maximum Gasteiger partial charge on any atom is 0.336 e. The Morgan fingerprint density at radius 2 is 2.05 bits per heavy atom. The summed E-state index contributed by atoms with van der Waals surface area (Å²) in [6, 6.07) is 13.4. The van der Waals surface area contributed by atoms with Crippen LogP contribution < -0.4 is 10.9 Å². The first-order chi connectivity index (χ1) is 10.7. The zero-order valence-corrected chi connectivity index (χ0v) is 12.5. The number of benzene rings is 2. The van der Waals surface area contributed by atoms with E-state index in [0.717, 1.165) is 28.1 Å². The van der Waals surface area contributed by atoms with Crippen LogP contribution in [0.15, 0.2) is 51.7 Å². The average molecular weight is 297 g/mol. The topological polar surface area (TPSA) is 62.5 Å². The van der Waals surface area contributed by atoms with Crippen LogP contribution in [0.3, 0.4) is 0 Å². The summed E-state index contributed by atoms with van der Waals surface area (Å²) in [5, 5.41) is 15.7. The van der Waals surface area contributed by atoms with Gasteiger partial charge in [0, 0.05) is 24.0 Å². The fourth-order valence-corrected chi connectivity index (χ4v) is 2.75. The molecule has 0 spiro atoms. The maximum absolute atomic E-state index is 11.8. The lowest BCUT2D eigenvalue weighted by Crippen LogP contribution is -2.31. The Labute approximate surface area is 128 Å². The molecular weight excluding hydrogens is 278 g/mol. The van der Waals surface area contributed by atoms with Crippen LogP contribution >= 0.6 is 0 Å². The molecule has 0 saturated carbocycles. The Bertz CT molecular complexity index is 850. The van der Waals surface area contributed by atoms with Crippen LogP contribution in [0.1, 0.15) is 18.9 Å². The number of fused-ring (bicyclic) bond motifs is 3. The minimum Gasteiger partial charge on any atom is -0.423 e. The van der Waals surface area contributed by atoms with Gasteiger partial charge >= 0.3 is 5.63 Å². The van der Waals surface area contributed by atoms with Gasteiger partial charge in [0.05, 0.1) is 6.61 Å². The van der Waals surface area contributed by atoms with E-state index in [4.69, 9.17) is 4.42 Å². The zero-order valence-electron chi connectivity index (χ0n) is 12.5. The standard InChI is InChI=1S/C18H19NO3/c1-2-14(11-20)19-10-13-9-17(21)22-16-8-7-12-5-3-4-6-15(12)18(13)16/h3-9,14,19-20H,2,10-11H2,1H3/t14-/m1/s1. The highest BCUT2D eigenvalue weighted by Crippen LogP contribution is 2.27. The molecule has 0 saturated heterocycles. The lowest BCUT2D eigenvalue weighted by Gasteiger charge is -2.15. The molecule has 4 heteroatoms. The van der Waals surface area contributed by atoms with Gasteiger partial charge in [-0.2, -0.15) is 0 Å². The molecule has 1 heterocycles. The lowest BCUT2D eigenvalue weighted by atomic mass is 10.0. The number of rotatable bonds is 5. The van der Waals surface area contributed by atoms with Gasteiger partial charge in [-0.25, -0.2) is 4.79 Å². The van der Waals surface area contributed by atoms with Crippen LogP contribution in [0.4, 0.5) is 0 Å². The van der Waals surface area contributed by atoms with E-state index in [9.17, 15) is 9.90 Å². The van der Waals surface area contributed by atoms with Crippen molar-refractivity contribution in [2.45, 2.75) is 25.9 Å². The van der Waals surface area contributed by atoms with Crippen LogP contribution in [0.2, 0.25) is 0 Å². The van der Waals surface area contributed by atoms with E-state index in [1.165, 1.54) is 6.07 Å². The molecule has 2 aromatic carbocycles. The van der Waals surface area contributed by atoms with Gasteiger partial charge in [0.15, 0.2) is 0 Å². The summed E-state index contributed by atoms with van der Waals surface area (Å²) in [5.74, 6) is 0. The third kappa shape index (κ3) is 2.75. The van der Waals surface area contributed by atoms with Gasteiger partial charge < -0.3 is 14.8 Å². The average Bonchev–Trinajstić information content (AvgIpc) is 2.55. The van der Waals surface area contributed by atoms with Crippen molar-refractivity contribution in [2.75, 3.05) is 6.61 Å². The number of aliphatic hydroxyl groups is 1. The first-order valence-corrected chi connectivity index (χ1v) is 7.51. The summed E-state index contributed by atoms with van der Waals surface area (Å²) in [4.78, 5) is 11.8. The Morgan fingerprint density at radius 1 is 1.23 bits per heavy atom. The fourth-order valence-electron chi connectivity index (χ4n) is 2.75. The molecule has 3 aromatic rings. The molecule has 2 N–H and O–H groups in total. The molecule has 0 amide bonds. The summed E-state index contributed by atoms with van der Waals surface area (Å²) in [6.45, 7) is 2.62. The lowest BCUT2D eigenvalue weighted by molar-refractivity contribution is 0.238. The van der Waals surface area contributed by atoms with Crippen molar-refractivity contribution in [3.63, 3.8) is 0 Å². The van der Waals surface area contributed by atoms with Crippen LogP contribution in [0.5, 0.6) is 0 Å². The summed E-state index contributed by atoms with van der Waals surface area (Å²) in [7, 11) is 0. The molecule has 0 aliphatic rings. The normalized spacial score (nSPS) is 12.8. The van der Waals surface area contributed by atoms with Crippen molar-refractivity contribution < 1.29 is 9.52 Å². The van der Waals surface area contributed by atoms with Crippen LogP contribution in [0.25, 0.3) is 21.7 Å². The van der Waals surface area contributed by atoms with Crippen molar-refractivity contribution in [1.82, 2.24) is 5.32 Å². The molecule has 4 nitrogen and oxygen atoms in total. The third-order valence-electron chi connectivity index (χ3n) is 4.01. The molecule has 0 fully saturated rings. The first kappa shape index (κ1) is 14.8. The van der Waals surface area contributed by atoms with Gasteiger partial charge in [-0.3, -0.25) is 0 Å². The molecule has 114 valence electrons. The molecule has 3 rings (SSSR count). The van der Waals surface area contributed by atoms with Gasteiger partial charge in [-0.15, -0.1) is 0 Å². The predicted molar refractivity (Wildman–Crippen MR) is 88.0 cm³/mol. The molecule has 0 radical (unpaired) electrons. The molecule has 1 aromatic heterocycles. The third-order valence-corrected chi connectivity index (χ3v) is 4.01. The van der Waals surface area contributed by atoms with Gasteiger partial charge in [-0.05, 0) is 28.8 Å². The van der Waals surface area contributed by atoms with Crippen LogP contribution in [0, 0.1) is 0 Å². The smallest absolute Gasteiger partial charge is 0.336 e. The summed E-state index contributed by atoms with van der Waals surface area (Å²) in [6.07, 6.45) is 0.830. The fraction of sp³-hybridized carbons (Fsp3) is 0.278. The number of hydrogen-bond acceptors (Lipinski definition) is 4. The van der Waals surface area contributed by atoms with E-state index in [0.29, 0.717) is 12.1 Å². The predicted octanol–water partition coefficient (Wildman–Crippen LogP) is 2.81. The molecule has 1 atom stereocenters. The van der Waals surface area contributed by atoms with E-state index in [1.54, 1.807) is 0 Å². The monoisotopic (exact) mass is 297 g/mol. The van der Waals surface area contributed by atoms with Crippen LogP contribution in [-0.2, 0) is 6.54 Å². The minimum atomic E-state index is -0.350. The molecule has 0 aliphatic carbocycles. The molecule has 22 heavy (non-hydrogen) atoms. The van der Waals surface area contributed by atoms with E-state index in [2.05, 4.69) is 5.32 Å². The second-order valence-corrected chi connectivity index (χ2v) is 5.42. The second kappa shape index (κ2) is 6.30. The van der Waals surface area contributed by atoms with Crippen molar-refractivity contribution in [2.24, 2.45) is 0 Å². The zero-order chi connectivity index (χ0) is 15.5. The Hall–Kier alpha value is -2.17. The SMILES string of the molecule is CC[C@H](CO)NCc1cc(=O)oc2ccc3ccccc3c12. The van der Waals surface area contributed by atoms with Gasteiger partial charge in [0.2, 0.25) is 0 Å². The van der Waals surface area contributed by atoms with Gasteiger partial charge in [-0.1, -0.05) is 37.3 Å². The Balaban J connectivity index is 2.15. The first-order valence-electron chi connectivity index (χ1n) is 7.51. The van der Waals surface area contributed by atoms with Crippen molar-refractivity contribution in [3.05, 3.63) is 58.4 Å². The van der Waals surface area contributed by atoms with E-state index < -0.39 is 0 Å². The highest BCUT2D eigenvalue weighted by atomic mass is 16.4. The van der Waals surface area contributed by atoms with Gasteiger partial charge in [0.1, 0.15) is 5.58 Å². The molecule has 0 bridgehead atoms. The van der Waals surface area contributed by atoms with Crippen molar-refractivity contribution in [3.8, 4) is 0 Å². The van der Waals surface area contributed by atoms with Crippen molar-refractivity contribution in [1.29, 1.82) is 0 Å². The second-order valence-electron chi connectivity index (χ2n) is 5.42. The summed E-state index contributed by atoms with van der Waals surface area (Å²) >= 11 is 0.